The van der Waals surface area contributed by atoms with E-state index in [1.165, 1.54) is 22.1 Å². The van der Waals surface area contributed by atoms with Gasteiger partial charge in [0.15, 0.2) is 5.76 Å². The number of carbonyl (C=O) groups is 1. The molecule has 1 amide bonds. The van der Waals surface area contributed by atoms with E-state index in [4.69, 9.17) is 4.52 Å². The van der Waals surface area contributed by atoms with E-state index in [0.29, 0.717) is 22.9 Å². The van der Waals surface area contributed by atoms with E-state index in [-0.39, 0.29) is 24.1 Å². The van der Waals surface area contributed by atoms with Crippen LogP contribution in [-0.2, 0) is 11.3 Å². The Bertz CT molecular complexity index is 1020. The minimum atomic E-state index is -0.362. The molecule has 0 aliphatic carbocycles. The second-order valence-corrected chi connectivity index (χ2v) is 8.60. The molecule has 1 N–H and O–H groups in total. The Kier molecular flexibility index (Phi) is 6.64. The number of nitrogens with zero attached hydrogens (tertiary/aromatic N) is 3. The summed E-state index contributed by atoms with van der Waals surface area (Å²) in [5, 5.41) is 13.3. The maximum atomic E-state index is 12.6. The average Bonchev–Trinajstić information content (AvgIpc) is 3.33. The number of aromatic nitrogens is 3. The molecule has 3 aromatic heterocycles. The standard InChI is InChI=1S/C21H26N4O3S/c1-13(2)7-8-14(3)22-19(26)12-25-20(27)11-16(17-10-15(4)24-28-17)21(23-25)18-6-5-9-29-18/h5-6,9-11,13-14H,7-8,12H2,1-4H3,(H,22,26)/t14-/m0/s1. The SMILES string of the molecule is Cc1cc(-c2cc(=O)n(CC(=O)N[C@@H](C)CCC(C)C)nc2-c2cccs2)on1. The molecule has 154 valence electrons. The molecule has 0 spiro atoms. The van der Waals surface area contributed by atoms with E-state index in [0.717, 1.165) is 23.4 Å². The largest absolute Gasteiger partial charge is 0.356 e. The summed E-state index contributed by atoms with van der Waals surface area (Å²) < 4.78 is 6.55. The third-order valence-electron chi connectivity index (χ3n) is 4.52. The number of hydrogen-bond donors (Lipinski definition) is 1. The van der Waals surface area contributed by atoms with Crippen LogP contribution >= 0.6 is 11.3 Å². The summed E-state index contributed by atoms with van der Waals surface area (Å²) in [5.41, 5.74) is 1.52. The van der Waals surface area contributed by atoms with E-state index in [2.05, 4.69) is 29.4 Å². The van der Waals surface area contributed by atoms with E-state index >= 15 is 0 Å². The molecule has 0 aliphatic heterocycles. The van der Waals surface area contributed by atoms with Gasteiger partial charge < -0.3 is 9.84 Å². The van der Waals surface area contributed by atoms with Gasteiger partial charge in [-0.25, -0.2) is 4.68 Å². The van der Waals surface area contributed by atoms with Gasteiger partial charge in [-0.15, -0.1) is 11.3 Å². The lowest BCUT2D eigenvalue weighted by Gasteiger charge is -2.16. The van der Waals surface area contributed by atoms with Crippen LogP contribution in [0.5, 0.6) is 0 Å². The van der Waals surface area contributed by atoms with Gasteiger partial charge in [0.05, 0.1) is 16.1 Å². The Hall–Kier alpha value is -2.74. The molecule has 0 saturated carbocycles. The van der Waals surface area contributed by atoms with Gasteiger partial charge >= 0.3 is 0 Å². The summed E-state index contributed by atoms with van der Waals surface area (Å²) in [6, 6.07) is 7.10. The second-order valence-electron chi connectivity index (χ2n) is 7.65. The van der Waals surface area contributed by atoms with Crippen LogP contribution < -0.4 is 10.9 Å². The summed E-state index contributed by atoms with van der Waals surface area (Å²) >= 11 is 1.50. The van der Waals surface area contributed by atoms with Crippen molar-refractivity contribution in [1.82, 2.24) is 20.3 Å². The molecule has 8 heteroatoms. The first kappa shape index (κ1) is 21.0. The Balaban J connectivity index is 1.86. The van der Waals surface area contributed by atoms with Crippen molar-refractivity contribution in [3.8, 4) is 21.9 Å². The van der Waals surface area contributed by atoms with E-state index in [9.17, 15) is 9.59 Å². The van der Waals surface area contributed by atoms with Gasteiger partial charge in [-0.2, -0.15) is 5.10 Å². The maximum absolute atomic E-state index is 12.6. The number of nitrogens with one attached hydrogen (secondary N) is 1. The molecule has 1 atom stereocenters. The lowest BCUT2D eigenvalue weighted by molar-refractivity contribution is -0.122. The van der Waals surface area contributed by atoms with Gasteiger partial charge in [0.1, 0.15) is 12.2 Å². The van der Waals surface area contributed by atoms with Crippen molar-refractivity contribution in [3.63, 3.8) is 0 Å². The first-order valence-corrected chi connectivity index (χ1v) is 10.6. The topological polar surface area (TPSA) is 90.0 Å². The zero-order valence-electron chi connectivity index (χ0n) is 17.1. The van der Waals surface area contributed by atoms with Crippen molar-refractivity contribution in [3.05, 3.63) is 45.7 Å². The van der Waals surface area contributed by atoms with Gasteiger partial charge in [0.25, 0.3) is 5.56 Å². The minimum absolute atomic E-state index is 0.0498. The monoisotopic (exact) mass is 414 g/mol. The third-order valence-corrected chi connectivity index (χ3v) is 5.40. The van der Waals surface area contributed by atoms with Crippen molar-refractivity contribution in [2.75, 3.05) is 0 Å². The molecular weight excluding hydrogens is 388 g/mol. The highest BCUT2D eigenvalue weighted by Gasteiger charge is 2.18. The van der Waals surface area contributed by atoms with E-state index < -0.39 is 0 Å². The fourth-order valence-corrected chi connectivity index (χ4v) is 3.71. The number of hydrogen-bond acceptors (Lipinski definition) is 6. The number of amides is 1. The fraction of sp³-hybridized carbons (Fsp3) is 0.429. The lowest BCUT2D eigenvalue weighted by atomic mass is 10.0. The van der Waals surface area contributed by atoms with Crippen molar-refractivity contribution in [2.24, 2.45) is 5.92 Å². The zero-order valence-corrected chi connectivity index (χ0v) is 18.0. The highest BCUT2D eigenvalue weighted by Crippen LogP contribution is 2.32. The Morgan fingerprint density at radius 1 is 1.28 bits per heavy atom. The predicted octanol–water partition coefficient (Wildman–Crippen LogP) is 3.88. The Morgan fingerprint density at radius 3 is 2.69 bits per heavy atom. The molecule has 0 bridgehead atoms. The molecule has 0 unspecified atom stereocenters. The molecule has 0 fully saturated rings. The molecule has 7 nitrogen and oxygen atoms in total. The second kappa shape index (κ2) is 9.17. The minimum Gasteiger partial charge on any atom is -0.356 e. The summed E-state index contributed by atoms with van der Waals surface area (Å²) in [6.07, 6.45) is 1.93. The maximum Gasteiger partial charge on any atom is 0.268 e. The molecule has 3 rings (SSSR count). The van der Waals surface area contributed by atoms with Crippen LogP contribution in [0.25, 0.3) is 21.9 Å². The van der Waals surface area contributed by atoms with E-state index in [1.54, 1.807) is 6.07 Å². The number of carbonyl (C=O) groups excluding carboxylic acids is 1. The van der Waals surface area contributed by atoms with Crippen LogP contribution in [0.2, 0.25) is 0 Å². The number of aryl methyl sites for hydroxylation is 1. The average molecular weight is 415 g/mol. The summed E-state index contributed by atoms with van der Waals surface area (Å²) in [7, 11) is 0. The number of rotatable bonds is 8. The van der Waals surface area contributed by atoms with Crippen LogP contribution in [0.15, 0.2) is 39.0 Å². The normalized spacial score (nSPS) is 12.3. The number of thiophene rings is 1. The molecular formula is C21H26N4O3S. The van der Waals surface area contributed by atoms with Gasteiger partial charge in [-0.1, -0.05) is 25.1 Å². The van der Waals surface area contributed by atoms with Gasteiger partial charge in [-0.05, 0) is 44.1 Å². The van der Waals surface area contributed by atoms with Crippen LogP contribution in [0.4, 0.5) is 0 Å². The van der Waals surface area contributed by atoms with Gasteiger partial charge in [0.2, 0.25) is 5.91 Å². The van der Waals surface area contributed by atoms with Crippen molar-refractivity contribution in [1.29, 1.82) is 0 Å². The van der Waals surface area contributed by atoms with Crippen LogP contribution in [0, 0.1) is 12.8 Å². The fourth-order valence-electron chi connectivity index (χ4n) is 2.99. The summed E-state index contributed by atoms with van der Waals surface area (Å²) in [5.74, 6) is 0.838. The third kappa shape index (κ3) is 5.41. The predicted molar refractivity (Wildman–Crippen MR) is 114 cm³/mol. The molecule has 0 aliphatic rings. The van der Waals surface area contributed by atoms with Crippen molar-refractivity contribution >= 4 is 17.2 Å². The summed E-state index contributed by atoms with van der Waals surface area (Å²) in [4.78, 5) is 26.0. The first-order chi connectivity index (χ1) is 13.8. The van der Waals surface area contributed by atoms with Crippen molar-refractivity contribution in [2.45, 2.75) is 53.1 Å². The van der Waals surface area contributed by atoms with Crippen LogP contribution in [0.3, 0.4) is 0 Å². The smallest absolute Gasteiger partial charge is 0.268 e. The van der Waals surface area contributed by atoms with Crippen molar-refractivity contribution < 1.29 is 9.32 Å². The van der Waals surface area contributed by atoms with Crippen LogP contribution in [0.1, 0.15) is 39.3 Å². The molecule has 29 heavy (non-hydrogen) atoms. The first-order valence-electron chi connectivity index (χ1n) is 9.72. The molecule has 0 radical (unpaired) electrons. The summed E-state index contributed by atoms with van der Waals surface area (Å²) in [6.45, 7) is 7.97. The molecule has 0 aromatic carbocycles. The molecule has 0 saturated heterocycles. The quantitative estimate of drug-likeness (QED) is 0.604. The van der Waals surface area contributed by atoms with Gasteiger partial charge in [-0.3, -0.25) is 9.59 Å². The van der Waals surface area contributed by atoms with Gasteiger partial charge in [0, 0.05) is 18.2 Å². The lowest BCUT2D eigenvalue weighted by Crippen LogP contribution is -2.38. The highest BCUT2D eigenvalue weighted by atomic mass is 32.1. The molecule has 3 aromatic rings. The highest BCUT2D eigenvalue weighted by molar-refractivity contribution is 7.13. The van der Waals surface area contributed by atoms with Crippen LogP contribution in [-0.4, -0.2) is 26.9 Å². The molecule has 3 heterocycles. The zero-order chi connectivity index (χ0) is 21.0. The Labute approximate surface area is 173 Å². The van der Waals surface area contributed by atoms with E-state index in [1.807, 2.05) is 31.4 Å². The Morgan fingerprint density at radius 2 is 2.07 bits per heavy atom.